The zero-order chi connectivity index (χ0) is 17.3. The summed E-state index contributed by atoms with van der Waals surface area (Å²) in [6.45, 7) is 9.18. The van der Waals surface area contributed by atoms with E-state index in [1.54, 1.807) is 0 Å². The van der Waals surface area contributed by atoms with Gasteiger partial charge in [-0.15, -0.1) is 0 Å². The zero-order valence-corrected chi connectivity index (χ0v) is 15.1. The fraction of sp³-hybridized carbons (Fsp3) is 0.750. The van der Waals surface area contributed by atoms with E-state index in [1.165, 1.54) is 24.5 Å². The molecular formula is C20H32O3. The first-order valence-corrected chi connectivity index (χ1v) is 8.94. The number of hydrogen-bond acceptors (Lipinski definition) is 2. The lowest BCUT2D eigenvalue weighted by molar-refractivity contribution is -0.131. The summed E-state index contributed by atoms with van der Waals surface area (Å²) in [5.41, 5.74) is 2.49. The zero-order valence-electron chi connectivity index (χ0n) is 15.1. The van der Waals surface area contributed by atoms with Gasteiger partial charge >= 0.3 is 5.97 Å². The Kier molecular flexibility index (Phi) is 5.40. The van der Waals surface area contributed by atoms with Gasteiger partial charge in [0, 0.05) is 6.08 Å². The molecule has 2 rings (SSSR count). The third kappa shape index (κ3) is 3.40. The first kappa shape index (κ1) is 18.3. The van der Waals surface area contributed by atoms with E-state index in [4.69, 9.17) is 5.11 Å². The minimum absolute atomic E-state index is 0.110. The Morgan fingerprint density at radius 1 is 1.39 bits per heavy atom. The second kappa shape index (κ2) is 6.80. The van der Waals surface area contributed by atoms with Crippen LogP contribution >= 0.6 is 0 Å². The fourth-order valence-electron chi connectivity index (χ4n) is 5.20. The highest BCUT2D eigenvalue weighted by molar-refractivity contribution is 5.80. The molecule has 0 spiro atoms. The van der Waals surface area contributed by atoms with E-state index in [0.717, 1.165) is 31.3 Å². The third-order valence-corrected chi connectivity index (χ3v) is 6.97. The number of fused-ring (bicyclic) bond motifs is 1. The van der Waals surface area contributed by atoms with Crippen molar-refractivity contribution in [3.63, 3.8) is 0 Å². The number of aliphatic hydroxyl groups excluding tert-OH is 1. The second-order valence-corrected chi connectivity index (χ2v) is 8.21. The van der Waals surface area contributed by atoms with Crippen molar-refractivity contribution in [3.05, 3.63) is 23.3 Å². The fourth-order valence-corrected chi connectivity index (χ4v) is 5.20. The smallest absolute Gasteiger partial charge is 0.328 e. The second-order valence-electron chi connectivity index (χ2n) is 8.21. The summed E-state index contributed by atoms with van der Waals surface area (Å²) in [6.07, 6.45) is 10.1. The monoisotopic (exact) mass is 320 g/mol. The van der Waals surface area contributed by atoms with Crippen LogP contribution in [0.5, 0.6) is 0 Å². The summed E-state index contributed by atoms with van der Waals surface area (Å²) in [4.78, 5) is 10.9. The molecule has 0 aromatic heterocycles. The van der Waals surface area contributed by atoms with Crippen molar-refractivity contribution >= 4 is 5.97 Å². The molecule has 0 saturated heterocycles. The van der Waals surface area contributed by atoms with Crippen LogP contribution in [0.25, 0.3) is 0 Å². The van der Waals surface area contributed by atoms with E-state index in [2.05, 4.69) is 26.8 Å². The van der Waals surface area contributed by atoms with Gasteiger partial charge in [0.25, 0.3) is 0 Å². The molecule has 130 valence electrons. The number of hydrogen-bond donors (Lipinski definition) is 2. The maximum atomic E-state index is 10.9. The van der Waals surface area contributed by atoms with Crippen LogP contribution in [-0.2, 0) is 4.79 Å². The molecule has 0 unspecified atom stereocenters. The van der Waals surface area contributed by atoms with Gasteiger partial charge in [-0.05, 0) is 73.7 Å². The molecule has 0 bridgehead atoms. The van der Waals surface area contributed by atoms with Gasteiger partial charge in [-0.3, -0.25) is 0 Å². The number of allylic oxidation sites excluding steroid dienone is 2. The summed E-state index contributed by atoms with van der Waals surface area (Å²) < 4.78 is 0. The number of carboxylic acids is 1. The molecule has 0 heterocycles. The van der Waals surface area contributed by atoms with Gasteiger partial charge in [0.15, 0.2) is 0 Å². The highest BCUT2D eigenvalue weighted by Gasteiger charge is 2.53. The van der Waals surface area contributed by atoms with Crippen molar-refractivity contribution < 1.29 is 15.0 Å². The molecule has 1 saturated carbocycles. The number of carbonyl (C=O) groups is 1. The average molecular weight is 320 g/mol. The molecule has 1 fully saturated rings. The Balaban J connectivity index is 2.24. The Hall–Kier alpha value is -1.09. The molecule has 2 aliphatic rings. The van der Waals surface area contributed by atoms with E-state index in [0.29, 0.717) is 11.8 Å². The minimum atomic E-state index is -0.850. The minimum Gasteiger partial charge on any atom is -0.478 e. The van der Waals surface area contributed by atoms with Crippen molar-refractivity contribution in [2.75, 3.05) is 6.61 Å². The molecule has 3 heteroatoms. The van der Waals surface area contributed by atoms with Gasteiger partial charge in [0.1, 0.15) is 0 Å². The topological polar surface area (TPSA) is 57.5 Å². The largest absolute Gasteiger partial charge is 0.478 e. The van der Waals surface area contributed by atoms with Gasteiger partial charge in [0.05, 0.1) is 6.61 Å². The lowest BCUT2D eigenvalue weighted by Gasteiger charge is -2.58. The number of aliphatic carboxylic acids is 1. The molecule has 2 aliphatic carbocycles. The molecular weight excluding hydrogens is 288 g/mol. The maximum Gasteiger partial charge on any atom is 0.328 e. The van der Waals surface area contributed by atoms with Crippen LogP contribution < -0.4 is 0 Å². The Labute approximate surface area is 140 Å². The molecule has 4 atom stereocenters. The van der Waals surface area contributed by atoms with Crippen molar-refractivity contribution in [3.8, 4) is 0 Å². The van der Waals surface area contributed by atoms with E-state index >= 15 is 0 Å². The van der Waals surface area contributed by atoms with Crippen LogP contribution in [0.3, 0.4) is 0 Å². The summed E-state index contributed by atoms with van der Waals surface area (Å²) in [5.74, 6) is 0.358. The van der Waals surface area contributed by atoms with E-state index in [-0.39, 0.29) is 17.4 Å². The lowest BCUT2D eigenvalue weighted by atomic mass is 9.47. The quantitative estimate of drug-likeness (QED) is 0.576. The van der Waals surface area contributed by atoms with Crippen LogP contribution in [0.1, 0.15) is 66.2 Å². The number of rotatable bonds is 5. The van der Waals surface area contributed by atoms with Gasteiger partial charge in [0.2, 0.25) is 0 Å². The Bertz CT molecular complexity index is 519. The normalized spacial score (nSPS) is 38.0. The van der Waals surface area contributed by atoms with E-state index in [1.807, 2.05) is 6.92 Å². The molecule has 0 amide bonds. The molecule has 0 aromatic rings. The molecule has 3 nitrogen and oxygen atoms in total. The molecule has 2 N–H and O–H groups in total. The van der Waals surface area contributed by atoms with Crippen LogP contribution in [-0.4, -0.2) is 22.8 Å². The predicted octanol–water partition coefficient (Wildman–Crippen LogP) is 4.57. The molecule has 0 aliphatic heterocycles. The maximum absolute atomic E-state index is 10.9. The van der Waals surface area contributed by atoms with Crippen molar-refractivity contribution in [2.45, 2.75) is 66.2 Å². The summed E-state index contributed by atoms with van der Waals surface area (Å²) >= 11 is 0. The summed E-state index contributed by atoms with van der Waals surface area (Å²) in [7, 11) is 0. The standard InChI is InChI=1S/C20H32O3/c1-14(12-18(22)23)8-10-19(3)15(2)9-11-20(4)16(13-21)6-5-7-17(19)20/h6,12,15,17,21H,5,7-11,13H2,1-4H3,(H,22,23)/b14-12-/t15-,17-,19+,20-/m1/s1. The van der Waals surface area contributed by atoms with Crippen LogP contribution in [0.2, 0.25) is 0 Å². The van der Waals surface area contributed by atoms with Gasteiger partial charge in [-0.1, -0.05) is 32.4 Å². The van der Waals surface area contributed by atoms with Crippen molar-refractivity contribution in [2.24, 2.45) is 22.7 Å². The average Bonchev–Trinajstić information content (AvgIpc) is 2.48. The highest BCUT2D eigenvalue weighted by atomic mass is 16.4. The molecule has 0 aromatic carbocycles. The van der Waals surface area contributed by atoms with Crippen LogP contribution in [0.15, 0.2) is 23.3 Å². The summed E-state index contributed by atoms with van der Waals surface area (Å²) in [5, 5.41) is 18.7. The van der Waals surface area contributed by atoms with Crippen LogP contribution in [0, 0.1) is 22.7 Å². The van der Waals surface area contributed by atoms with E-state index in [9.17, 15) is 9.90 Å². The van der Waals surface area contributed by atoms with Crippen molar-refractivity contribution in [1.29, 1.82) is 0 Å². The lowest BCUT2D eigenvalue weighted by Crippen LogP contribution is -2.50. The van der Waals surface area contributed by atoms with Crippen LogP contribution in [0.4, 0.5) is 0 Å². The van der Waals surface area contributed by atoms with Gasteiger partial charge < -0.3 is 10.2 Å². The first-order chi connectivity index (χ1) is 10.7. The molecule has 0 radical (unpaired) electrons. The summed E-state index contributed by atoms with van der Waals surface area (Å²) in [6, 6.07) is 0. The predicted molar refractivity (Wildman–Crippen MR) is 93.1 cm³/mol. The van der Waals surface area contributed by atoms with Gasteiger partial charge in [-0.25, -0.2) is 4.79 Å². The highest BCUT2D eigenvalue weighted by Crippen LogP contribution is 2.61. The van der Waals surface area contributed by atoms with E-state index < -0.39 is 5.97 Å². The molecule has 23 heavy (non-hydrogen) atoms. The number of aliphatic hydroxyl groups is 1. The third-order valence-electron chi connectivity index (χ3n) is 6.97. The Morgan fingerprint density at radius 2 is 2.09 bits per heavy atom. The Morgan fingerprint density at radius 3 is 2.70 bits per heavy atom. The first-order valence-electron chi connectivity index (χ1n) is 8.94. The van der Waals surface area contributed by atoms with Crippen molar-refractivity contribution in [1.82, 2.24) is 0 Å². The SMILES string of the molecule is C/C(=C/C(=O)O)CC[C@@]1(C)[C@H](C)CC[C@]2(C)C(CO)=CCC[C@H]12. The number of carboxylic acid groups (broad SMARTS) is 1. The van der Waals surface area contributed by atoms with Gasteiger partial charge in [-0.2, -0.15) is 0 Å².